The highest BCUT2D eigenvalue weighted by Crippen LogP contribution is 2.36. The highest BCUT2D eigenvalue weighted by Gasteiger charge is 2.30. The molecule has 182 valence electrons. The number of carbonyl (C=O) groups excluding carboxylic acids is 1. The van der Waals surface area contributed by atoms with Crippen LogP contribution in [0.15, 0.2) is 40.9 Å². The van der Waals surface area contributed by atoms with Gasteiger partial charge in [-0.3, -0.25) is 14.6 Å². The van der Waals surface area contributed by atoms with Gasteiger partial charge in [0.25, 0.3) is 5.91 Å². The van der Waals surface area contributed by atoms with Crippen molar-refractivity contribution in [2.75, 3.05) is 44.3 Å². The van der Waals surface area contributed by atoms with Gasteiger partial charge in [-0.1, -0.05) is 58.4 Å². The van der Waals surface area contributed by atoms with Gasteiger partial charge in [0.15, 0.2) is 5.13 Å². The van der Waals surface area contributed by atoms with Crippen LogP contribution >= 0.6 is 22.9 Å². The molecule has 0 radical (unpaired) electrons. The number of ether oxygens (including phenoxy) is 1. The molecule has 1 saturated heterocycles. The van der Waals surface area contributed by atoms with Gasteiger partial charge in [-0.05, 0) is 38.0 Å². The molecule has 0 bridgehead atoms. The van der Waals surface area contributed by atoms with Gasteiger partial charge >= 0.3 is 0 Å². The van der Waals surface area contributed by atoms with E-state index in [9.17, 15) is 4.79 Å². The zero-order valence-electron chi connectivity index (χ0n) is 20.0. The maximum Gasteiger partial charge on any atom is 0.266 e. The number of halogens is 1. The molecule has 0 aliphatic carbocycles. The summed E-state index contributed by atoms with van der Waals surface area (Å²) in [7, 11) is 0. The molecule has 0 atom stereocenters. The Kier molecular flexibility index (Phi) is 6.88. The Labute approximate surface area is 213 Å². The first-order chi connectivity index (χ1) is 16.9. The predicted octanol–water partition coefficient (Wildman–Crippen LogP) is 5.51. The molecule has 1 aliphatic heterocycles. The maximum atomic E-state index is 14.2. The Bertz CT molecular complexity index is 1340. The number of hydrogen-bond donors (Lipinski definition) is 0. The number of amides is 1. The molecule has 0 saturated carbocycles. The fraction of sp³-hybridized carbons (Fsp3) is 0.346. The molecule has 1 aliphatic rings. The summed E-state index contributed by atoms with van der Waals surface area (Å²) in [5.74, 6) is 0.260. The number of nitrogens with zero attached hydrogens (tertiary/aromatic N) is 4. The normalized spacial score (nSPS) is 14.5. The molecule has 1 fully saturated rings. The minimum atomic E-state index is -0.193. The molecular weight excluding hydrogens is 484 g/mol. The first-order valence-electron chi connectivity index (χ1n) is 11.6. The molecule has 0 N–H and O–H groups in total. The van der Waals surface area contributed by atoms with Gasteiger partial charge in [-0.2, -0.15) is 0 Å². The van der Waals surface area contributed by atoms with Crippen molar-refractivity contribution in [1.82, 2.24) is 15.0 Å². The predicted molar refractivity (Wildman–Crippen MR) is 140 cm³/mol. The summed E-state index contributed by atoms with van der Waals surface area (Å²) in [5.41, 5.74) is 4.69. The van der Waals surface area contributed by atoms with E-state index in [0.717, 1.165) is 41.0 Å². The van der Waals surface area contributed by atoms with E-state index in [2.05, 4.69) is 29.1 Å². The van der Waals surface area contributed by atoms with E-state index in [1.807, 2.05) is 25.1 Å². The molecule has 2 aromatic heterocycles. The van der Waals surface area contributed by atoms with Crippen molar-refractivity contribution in [2.24, 2.45) is 0 Å². The zero-order valence-corrected chi connectivity index (χ0v) is 21.6. The van der Waals surface area contributed by atoms with Crippen LogP contribution < -0.4 is 4.90 Å². The van der Waals surface area contributed by atoms with Gasteiger partial charge in [0, 0.05) is 31.7 Å². The summed E-state index contributed by atoms with van der Waals surface area (Å²) < 4.78 is 12.1. The fourth-order valence-electron chi connectivity index (χ4n) is 4.31. The van der Waals surface area contributed by atoms with E-state index in [1.54, 1.807) is 29.2 Å². The number of morpholine rings is 1. The van der Waals surface area contributed by atoms with Gasteiger partial charge in [0.05, 0.1) is 28.5 Å². The molecule has 4 aromatic rings. The molecule has 1 amide bonds. The lowest BCUT2D eigenvalue weighted by molar-refractivity contribution is 0.0391. The summed E-state index contributed by atoms with van der Waals surface area (Å²) in [6.07, 6.45) is 0. The van der Waals surface area contributed by atoms with Crippen molar-refractivity contribution in [1.29, 1.82) is 0 Å². The van der Waals surface area contributed by atoms with Gasteiger partial charge in [-0.25, -0.2) is 4.98 Å². The molecule has 35 heavy (non-hydrogen) atoms. The van der Waals surface area contributed by atoms with Crippen molar-refractivity contribution in [3.63, 3.8) is 0 Å². The highest BCUT2D eigenvalue weighted by molar-refractivity contribution is 7.22. The monoisotopic (exact) mass is 510 g/mol. The number of rotatable bonds is 6. The minimum absolute atomic E-state index is 0.193. The molecule has 9 heteroatoms. The Morgan fingerprint density at radius 2 is 1.86 bits per heavy atom. The fourth-order valence-corrected chi connectivity index (χ4v) is 5.67. The van der Waals surface area contributed by atoms with E-state index in [0.29, 0.717) is 52.5 Å². The van der Waals surface area contributed by atoms with Crippen LogP contribution in [-0.2, 0) is 4.74 Å². The van der Waals surface area contributed by atoms with Crippen LogP contribution in [0.5, 0.6) is 0 Å². The van der Waals surface area contributed by atoms with Crippen molar-refractivity contribution >= 4 is 44.2 Å². The number of fused-ring (bicyclic) bond motifs is 1. The molecule has 5 rings (SSSR count). The lowest BCUT2D eigenvalue weighted by atomic mass is 10.1. The van der Waals surface area contributed by atoms with Crippen LogP contribution in [-0.4, -0.2) is 60.3 Å². The average molecular weight is 511 g/mol. The number of carbonyl (C=O) groups is 1. The summed E-state index contributed by atoms with van der Waals surface area (Å²) in [6.45, 7) is 10.2. The summed E-state index contributed by atoms with van der Waals surface area (Å²) >= 11 is 8.00. The van der Waals surface area contributed by atoms with Crippen molar-refractivity contribution in [3.8, 4) is 11.3 Å². The Morgan fingerprint density at radius 1 is 1.11 bits per heavy atom. The van der Waals surface area contributed by atoms with Gasteiger partial charge in [0.2, 0.25) is 0 Å². The minimum Gasteiger partial charge on any atom is -0.379 e. The summed E-state index contributed by atoms with van der Waals surface area (Å²) in [6, 6.07) is 11.5. The van der Waals surface area contributed by atoms with E-state index in [4.69, 9.17) is 25.8 Å². The maximum absolute atomic E-state index is 14.2. The van der Waals surface area contributed by atoms with Gasteiger partial charge < -0.3 is 9.26 Å². The van der Waals surface area contributed by atoms with Gasteiger partial charge in [-0.15, -0.1) is 0 Å². The molecule has 0 spiro atoms. The average Bonchev–Trinajstić information content (AvgIpc) is 3.47. The van der Waals surface area contributed by atoms with Crippen LogP contribution in [0.3, 0.4) is 0 Å². The second-order valence-corrected chi connectivity index (χ2v) is 10.1. The van der Waals surface area contributed by atoms with Crippen molar-refractivity contribution in [2.45, 2.75) is 20.8 Å². The van der Waals surface area contributed by atoms with Gasteiger partial charge in [0.1, 0.15) is 17.0 Å². The van der Waals surface area contributed by atoms with Crippen LogP contribution in [0.4, 0.5) is 5.13 Å². The van der Waals surface area contributed by atoms with E-state index >= 15 is 0 Å². The van der Waals surface area contributed by atoms with Crippen molar-refractivity contribution < 1.29 is 14.1 Å². The smallest absolute Gasteiger partial charge is 0.266 e. The summed E-state index contributed by atoms with van der Waals surface area (Å²) in [4.78, 5) is 23.2. The summed E-state index contributed by atoms with van der Waals surface area (Å²) in [5, 5.41) is 5.40. The van der Waals surface area contributed by atoms with E-state index < -0.39 is 0 Å². The molecule has 7 nitrogen and oxygen atoms in total. The largest absolute Gasteiger partial charge is 0.379 e. The number of thiazole rings is 1. The second-order valence-electron chi connectivity index (χ2n) is 8.73. The van der Waals surface area contributed by atoms with Crippen LogP contribution in [0.1, 0.15) is 27.2 Å². The number of benzene rings is 2. The molecule has 0 unspecified atom stereocenters. The van der Waals surface area contributed by atoms with Crippen LogP contribution in [0.2, 0.25) is 5.02 Å². The number of anilines is 1. The van der Waals surface area contributed by atoms with E-state index in [-0.39, 0.29) is 5.91 Å². The van der Waals surface area contributed by atoms with Crippen molar-refractivity contribution in [3.05, 3.63) is 63.9 Å². The second kappa shape index (κ2) is 10.1. The number of aryl methyl sites for hydroxylation is 3. The Morgan fingerprint density at radius 3 is 2.60 bits per heavy atom. The standard InChI is InChI=1S/C26H27ClN4O3S/c1-16-8-9-17(2)24-22(16)28-26(35-24)31(11-10-30-12-14-33-15-13-30)25(32)21-18(3)34-29-23(21)19-6-4-5-7-20(19)27/h4-9H,10-15H2,1-3H3. The third-order valence-corrected chi connectivity index (χ3v) is 7.90. The quantitative estimate of drug-likeness (QED) is 0.340. The van der Waals surface area contributed by atoms with Crippen LogP contribution in [0.25, 0.3) is 21.5 Å². The lowest BCUT2D eigenvalue weighted by Gasteiger charge is -2.29. The Balaban J connectivity index is 1.57. The Hall–Kier alpha value is -2.78. The third kappa shape index (κ3) is 4.71. The first-order valence-corrected chi connectivity index (χ1v) is 12.8. The zero-order chi connectivity index (χ0) is 24.5. The topological polar surface area (TPSA) is 71.7 Å². The highest BCUT2D eigenvalue weighted by atomic mass is 35.5. The first kappa shape index (κ1) is 23.9. The SMILES string of the molecule is Cc1onc(-c2ccccc2Cl)c1C(=O)N(CCN1CCOCC1)c1nc2c(C)ccc(C)c2s1. The van der Waals surface area contributed by atoms with E-state index in [1.165, 1.54) is 0 Å². The third-order valence-electron chi connectivity index (χ3n) is 6.36. The van der Waals surface area contributed by atoms with Crippen LogP contribution in [0, 0.1) is 20.8 Å². The lowest BCUT2D eigenvalue weighted by Crippen LogP contribution is -2.43. The number of hydrogen-bond acceptors (Lipinski definition) is 7. The molecular formula is C26H27ClN4O3S. The number of aromatic nitrogens is 2. The molecule has 3 heterocycles. The molecule has 2 aromatic carbocycles.